The van der Waals surface area contributed by atoms with Crippen molar-refractivity contribution >= 4 is 28.4 Å². The molecule has 4 rings (SSSR count). The lowest BCUT2D eigenvalue weighted by molar-refractivity contribution is -0.0438. The number of aliphatic hydroxyl groups excluding tert-OH is 1. The summed E-state index contributed by atoms with van der Waals surface area (Å²) in [5.41, 5.74) is 2.59. The van der Waals surface area contributed by atoms with Crippen LogP contribution in [-0.2, 0) is 8.85 Å². The molecule has 0 saturated heterocycles. The molecule has 0 aromatic carbocycles. The second kappa shape index (κ2) is 13.6. The number of aliphatic hydroxyl groups is 2. The second-order valence-corrected chi connectivity index (χ2v) is 30.7. The van der Waals surface area contributed by atoms with E-state index in [2.05, 4.69) is 115 Å². The van der Waals surface area contributed by atoms with Crippen LogP contribution in [0.4, 0.5) is 0 Å². The fourth-order valence-electron chi connectivity index (χ4n) is 9.44. The SMILES string of the molecule is CCC(O)(CC)CCS[C@@H](C)[C@H]1[C@H](O)C[C@H]2C3=CC=C4C[C@@H](O[Si](C)(C)C(C)(C)C)C[C@H](O[Si](C)(C)C(C)(C)C)[C@]4(C)[C@H]3CC[C@]12C. The molecule has 4 aliphatic carbocycles. The monoisotopic (exact) mass is 706 g/mol. The highest BCUT2D eigenvalue weighted by Gasteiger charge is 2.62. The third-order valence-corrected chi connectivity index (χ3v) is 25.3. The van der Waals surface area contributed by atoms with E-state index < -0.39 is 22.2 Å². The number of allylic oxidation sites excluding steroid dienone is 3. The molecule has 7 heteroatoms. The summed E-state index contributed by atoms with van der Waals surface area (Å²) in [5.74, 6) is 2.06. The van der Waals surface area contributed by atoms with E-state index >= 15 is 0 Å². The smallest absolute Gasteiger partial charge is 0.192 e. The molecule has 47 heavy (non-hydrogen) atoms. The van der Waals surface area contributed by atoms with Crippen LogP contribution in [0.15, 0.2) is 23.3 Å². The van der Waals surface area contributed by atoms with Gasteiger partial charge in [0.1, 0.15) is 0 Å². The van der Waals surface area contributed by atoms with Crippen molar-refractivity contribution in [1.29, 1.82) is 0 Å². The van der Waals surface area contributed by atoms with Crippen LogP contribution in [-0.4, -0.2) is 61.8 Å². The molecule has 0 aliphatic heterocycles. The molecular formula is C40H74O4SSi2. The predicted octanol–water partition coefficient (Wildman–Crippen LogP) is 10.9. The first kappa shape index (κ1) is 39.9. The molecule has 9 atom stereocenters. The van der Waals surface area contributed by atoms with Gasteiger partial charge in [-0.1, -0.05) is 99.5 Å². The highest BCUT2D eigenvalue weighted by molar-refractivity contribution is 7.99. The van der Waals surface area contributed by atoms with Crippen LogP contribution in [0.3, 0.4) is 0 Å². The highest BCUT2D eigenvalue weighted by Crippen LogP contribution is 2.67. The normalized spacial score (nSPS) is 35.9. The van der Waals surface area contributed by atoms with E-state index in [1.165, 1.54) is 5.57 Å². The first-order chi connectivity index (χ1) is 21.4. The summed E-state index contributed by atoms with van der Waals surface area (Å²) in [7, 11) is -4.00. The van der Waals surface area contributed by atoms with Gasteiger partial charge < -0.3 is 19.1 Å². The van der Waals surface area contributed by atoms with E-state index in [1.807, 2.05) is 11.8 Å². The van der Waals surface area contributed by atoms with Crippen molar-refractivity contribution < 1.29 is 19.1 Å². The zero-order chi connectivity index (χ0) is 35.6. The van der Waals surface area contributed by atoms with Gasteiger partial charge in [-0.3, -0.25) is 0 Å². The van der Waals surface area contributed by atoms with E-state index in [-0.39, 0.29) is 45.1 Å². The summed E-state index contributed by atoms with van der Waals surface area (Å²) in [4.78, 5) is 0. The summed E-state index contributed by atoms with van der Waals surface area (Å²) in [5, 5.41) is 23.3. The Morgan fingerprint density at radius 1 is 0.915 bits per heavy atom. The van der Waals surface area contributed by atoms with Gasteiger partial charge in [0, 0.05) is 16.6 Å². The van der Waals surface area contributed by atoms with Crippen LogP contribution in [0.25, 0.3) is 0 Å². The van der Waals surface area contributed by atoms with Crippen molar-refractivity contribution in [3.05, 3.63) is 23.3 Å². The molecule has 0 heterocycles. The summed E-state index contributed by atoms with van der Waals surface area (Å²) in [6, 6.07) is 0. The van der Waals surface area contributed by atoms with Crippen LogP contribution in [0.1, 0.15) is 128 Å². The van der Waals surface area contributed by atoms with Crippen LogP contribution in [0.5, 0.6) is 0 Å². The standard InChI is InChI=1S/C40H74O4SSi2/c1-16-40(42,17-2)22-23-45-27(3)35-33(41)26-32-30-19-18-28-24-29(43-46(12,13)36(4,5)6)25-34(44-47(14,15)37(7,8)9)39(28,11)31(30)20-21-38(32,35)10/h18-19,27,29,31-35,41-42H,16-17,20-26H2,1-15H3/t27-,29+,31-,32-,33+,34-,35-,38-,39-/m0/s1. The molecule has 272 valence electrons. The number of rotatable bonds is 11. The Labute approximate surface area is 297 Å². The van der Waals surface area contributed by atoms with Crippen LogP contribution >= 0.6 is 11.8 Å². The average molecular weight is 707 g/mol. The first-order valence-electron chi connectivity index (χ1n) is 19.2. The third-order valence-electron chi connectivity index (χ3n) is 15.0. The minimum atomic E-state index is -2.06. The zero-order valence-corrected chi connectivity index (χ0v) is 36.0. The Hall–Kier alpha value is 0.104. The van der Waals surface area contributed by atoms with Crippen LogP contribution in [0, 0.1) is 28.6 Å². The summed E-state index contributed by atoms with van der Waals surface area (Å²) in [6.07, 6.45) is 12.6. The summed E-state index contributed by atoms with van der Waals surface area (Å²) in [6.45, 7) is 35.4. The van der Waals surface area contributed by atoms with Crippen molar-refractivity contribution in [3.63, 3.8) is 0 Å². The lowest BCUT2D eigenvalue weighted by Crippen LogP contribution is -2.58. The Morgan fingerprint density at radius 2 is 1.49 bits per heavy atom. The van der Waals surface area contributed by atoms with Crippen molar-refractivity contribution in [2.75, 3.05) is 5.75 Å². The maximum absolute atomic E-state index is 11.8. The molecule has 0 bridgehead atoms. The van der Waals surface area contributed by atoms with Gasteiger partial charge >= 0.3 is 0 Å². The first-order valence-corrected chi connectivity index (χ1v) is 26.0. The van der Waals surface area contributed by atoms with Gasteiger partial charge in [-0.25, -0.2) is 0 Å². The Morgan fingerprint density at radius 3 is 2.04 bits per heavy atom. The molecule has 0 radical (unpaired) electrons. The van der Waals surface area contributed by atoms with Gasteiger partial charge in [0.25, 0.3) is 0 Å². The van der Waals surface area contributed by atoms with Crippen LogP contribution in [0.2, 0.25) is 36.3 Å². The molecule has 0 spiro atoms. The maximum Gasteiger partial charge on any atom is 0.192 e. The average Bonchev–Trinajstić information content (AvgIpc) is 3.21. The van der Waals surface area contributed by atoms with Crippen molar-refractivity contribution in [2.24, 2.45) is 28.6 Å². The fourth-order valence-corrected chi connectivity index (χ4v) is 13.8. The molecule has 2 N–H and O–H groups in total. The minimum Gasteiger partial charge on any atom is -0.414 e. The Bertz CT molecular complexity index is 1180. The lowest BCUT2D eigenvalue weighted by atomic mass is 9.49. The number of hydrogen-bond donors (Lipinski definition) is 2. The third kappa shape index (κ3) is 7.40. The van der Waals surface area contributed by atoms with E-state index in [0.29, 0.717) is 17.1 Å². The maximum atomic E-state index is 11.8. The molecule has 4 nitrogen and oxygen atoms in total. The molecule has 0 amide bonds. The van der Waals surface area contributed by atoms with Crippen molar-refractivity contribution in [3.8, 4) is 0 Å². The van der Waals surface area contributed by atoms with Gasteiger partial charge in [0.2, 0.25) is 0 Å². The molecule has 0 aromatic heterocycles. The predicted molar refractivity (Wildman–Crippen MR) is 208 cm³/mol. The molecule has 0 aromatic rings. The molecule has 3 saturated carbocycles. The molecule has 3 fully saturated rings. The minimum absolute atomic E-state index is 0.0532. The highest BCUT2D eigenvalue weighted by atomic mass is 32.2. The van der Waals surface area contributed by atoms with Gasteiger partial charge in [-0.05, 0) is 111 Å². The summed E-state index contributed by atoms with van der Waals surface area (Å²) >= 11 is 1.97. The van der Waals surface area contributed by atoms with E-state index in [4.69, 9.17) is 8.85 Å². The Kier molecular flexibility index (Phi) is 11.5. The molecule has 4 aliphatic rings. The second-order valence-electron chi connectivity index (χ2n) is 19.7. The van der Waals surface area contributed by atoms with E-state index in [0.717, 1.165) is 57.1 Å². The topological polar surface area (TPSA) is 58.9 Å². The van der Waals surface area contributed by atoms with Crippen LogP contribution < -0.4 is 0 Å². The fraction of sp³-hybridized carbons (Fsp3) is 0.900. The number of fused-ring (bicyclic) bond motifs is 5. The van der Waals surface area contributed by atoms with Crippen molar-refractivity contribution in [1.82, 2.24) is 0 Å². The van der Waals surface area contributed by atoms with Gasteiger partial charge in [-0.2, -0.15) is 11.8 Å². The zero-order valence-electron chi connectivity index (χ0n) is 33.2. The lowest BCUT2D eigenvalue weighted by Gasteiger charge is -2.59. The van der Waals surface area contributed by atoms with Gasteiger partial charge in [0.15, 0.2) is 16.6 Å². The van der Waals surface area contributed by atoms with Gasteiger partial charge in [0.05, 0.1) is 23.9 Å². The molecule has 0 unspecified atom stereocenters. The summed E-state index contributed by atoms with van der Waals surface area (Å²) < 4.78 is 14.7. The van der Waals surface area contributed by atoms with E-state index in [9.17, 15) is 10.2 Å². The number of hydrogen-bond acceptors (Lipinski definition) is 5. The largest absolute Gasteiger partial charge is 0.414 e. The van der Waals surface area contributed by atoms with Crippen molar-refractivity contribution in [2.45, 2.75) is 193 Å². The Balaban J connectivity index is 1.66. The number of thioether (sulfide) groups is 1. The van der Waals surface area contributed by atoms with Gasteiger partial charge in [-0.15, -0.1) is 0 Å². The molecular weight excluding hydrogens is 633 g/mol. The quantitative estimate of drug-likeness (QED) is 0.210. The van der Waals surface area contributed by atoms with E-state index in [1.54, 1.807) is 5.57 Å².